The number of rotatable bonds is 0. The van der Waals surface area contributed by atoms with Crippen LogP contribution in [-0.2, 0) is 10.2 Å². The van der Waals surface area contributed by atoms with E-state index >= 15 is 0 Å². The molecule has 3 heteroatoms. The maximum absolute atomic E-state index is 11.9. The fraction of sp³-hybridized carbons (Fsp3) is 0.300. The first kappa shape index (κ1) is 7.79. The Hall–Kier alpha value is -0.580. The Balaban J connectivity index is 2.27. The van der Waals surface area contributed by atoms with E-state index in [4.69, 9.17) is 0 Å². The highest BCUT2D eigenvalue weighted by Gasteiger charge is 2.58. The van der Waals surface area contributed by atoms with E-state index in [-0.39, 0.29) is 11.3 Å². The van der Waals surface area contributed by atoms with Gasteiger partial charge in [0.25, 0.3) is 0 Å². The predicted octanol–water partition coefficient (Wildman–Crippen LogP) is 2.41. The second kappa shape index (κ2) is 2.26. The monoisotopic (exact) mass is 285 g/mol. The van der Waals surface area contributed by atoms with Crippen molar-refractivity contribution in [3.05, 3.63) is 29.8 Å². The number of hydrogen-bond acceptors (Lipinski definition) is 1. The van der Waals surface area contributed by atoms with Gasteiger partial charge in [0.15, 0.2) is 0 Å². The second-order valence-electron chi connectivity index (χ2n) is 3.69. The molecule has 2 nitrogen and oxygen atoms in total. The average molecular weight is 285 g/mol. The molecule has 0 bridgehead atoms. The van der Waals surface area contributed by atoms with Crippen LogP contribution in [0.4, 0.5) is 5.69 Å². The van der Waals surface area contributed by atoms with Crippen LogP contribution >= 0.6 is 22.9 Å². The summed E-state index contributed by atoms with van der Waals surface area (Å²) in [7, 11) is 0. The van der Waals surface area contributed by atoms with E-state index in [0.29, 0.717) is 0 Å². The van der Waals surface area contributed by atoms with E-state index in [1.54, 1.807) is 3.11 Å². The lowest BCUT2D eigenvalue weighted by Crippen LogP contribution is -2.23. The number of amides is 1. The van der Waals surface area contributed by atoms with E-state index in [9.17, 15) is 4.79 Å². The smallest absolute Gasteiger partial charge is 0.246 e. The summed E-state index contributed by atoms with van der Waals surface area (Å²) in [4.78, 5) is 11.9. The molecule has 1 aliphatic heterocycles. The Bertz CT molecular complexity index is 398. The highest BCUT2D eigenvalue weighted by Crippen LogP contribution is 2.57. The molecule has 3 rings (SSSR count). The lowest BCUT2D eigenvalue weighted by atomic mass is 9.98. The Labute approximate surface area is 90.4 Å². The van der Waals surface area contributed by atoms with Gasteiger partial charge in [-0.25, -0.2) is 0 Å². The number of carbonyl (C=O) groups is 1. The fourth-order valence-corrected chi connectivity index (χ4v) is 2.95. The quantitative estimate of drug-likeness (QED) is 0.529. The Morgan fingerprint density at radius 3 is 2.69 bits per heavy atom. The molecule has 1 fully saturated rings. The summed E-state index contributed by atoms with van der Waals surface area (Å²) in [5.41, 5.74) is 2.21. The van der Waals surface area contributed by atoms with E-state index in [1.165, 1.54) is 5.56 Å². The topological polar surface area (TPSA) is 20.3 Å². The summed E-state index contributed by atoms with van der Waals surface area (Å²) in [6.45, 7) is 0. The van der Waals surface area contributed by atoms with Crippen LogP contribution in [-0.4, -0.2) is 5.91 Å². The lowest BCUT2D eigenvalue weighted by molar-refractivity contribution is -0.118. The zero-order valence-electron chi connectivity index (χ0n) is 6.96. The van der Waals surface area contributed by atoms with Crippen LogP contribution in [0.15, 0.2) is 24.3 Å². The minimum atomic E-state index is -0.113. The Kier molecular flexibility index (Phi) is 1.35. The Morgan fingerprint density at radius 1 is 1.31 bits per heavy atom. The van der Waals surface area contributed by atoms with Crippen molar-refractivity contribution in [3.8, 4) is 0 Å². The molecule has 1 aromatic rings. The maximum atomic E-state index is 11.9. The van der Waals surface area contributed by atoms with E-state index < -0.39 is 0 Å². The van der Waals surface area contributed by atoms with E-state index in [1.807, 2.05) is 18.2 Å². The van der Waals surface area contributed by atoms with Crippen molar-refractivity contribution in [2.45, 2.75) is 18.3 Å². The molecule has 13 heavy (non-hydrogen) atoms. The average Bonchev–Trinajstić information content (AvgIpc) is 2.93. The van der Waals surface area contributed by atoms with Crippen molar-refractivity contribution in [1.29, 1.82) is 0 Å². The number of fused-ring (bicyclic) bond motifs is 2. The number of nitrogens with zero attached hydrogens (tertiary/aromatic N) is 1. The molecular formula is C10H8INO. The molecule has 1 spiro atoms. The highest BCUT2D eigenvalue weighted by atomic mass is 127. The molecule has 1 saturated carbocycles. The van der Waals surface area contributed by atoms with Crippen LogP contribution in [0.3, 0.4) is 0 Å². The molecule has 0 N–H and O–H groups in total. The minimum absolute atomic E-state index is 0.113. The van der Waals surface area contributed by atoms with Gasteiger partial charge in [-0.3, -0.25) is 7.91 Å². The second-order valence-corrected chi connectivity index (χ2v) is 4.65. The number of hydrogen-bond donors (Lipinski definition) is 0. The highest BCUT2D eigenvalue weighted by molar-refractivity contribution is 14.1. The number of halogens is 1. The van der Waals surface area contributed by atoms with Crippen molar-refractivity contribution in [1.82, 2.24) is 0 Å². The minimum Gasteiger partial charge on any atom is -0.273 e. The van der Waals surface area contributed by atoms with Crippen LogP contribution in [0.5, 0.6) is 0 Å². The van der Waals surface area contributed by atoms with Gasteiger partial charge >= 0.3 is 0 Å². The molecule has 0 atom stereocenters. The Morgan fingerprint density at radius 2 is 2.00 bits per heavy atom. The first-order chi connectivity index (χ1) is 6.26. The predicted molar refractivity (Wildman–Crippen MR) is 58.9 cm³/mol. The zero-order chi connectivity index (χ0) is 9.05. The third-order valence-electron chi connectivity index (χ3n) is 2.97. The van der Waals surface area contributed by atoms with Crippen LogP contribution in [0.2, 0.25) is 0 Å². The normalized spacial score (nSPS) is 22.2. The molecule has 1 heterocycles. The van der Waals surface area contributed by atoms with Gasteiger partial charge in [-0.15, -0.1) is 0 Å². The molecule has 1 aliphatic carbocycles. The SMILES string of the molecule is O=C1N(I)c2ccccc2C12CC2. The van der Waals surface area contributed by atoms with Gasteiger partial charge in [0.1, 0.15) is 0 Å². The fourth-order valence-electron chi connectivity index (χ4n) is 2.07. The maximum Gasteiger partial charge on any atom is 0.246 e. The van der Waals surface area contributed by atoms with Crippen LogP contribution in [0, 0.1) is 0 Å². The molecule has 1 aromatic carbocycles. The van der Waals surface area contributed by atoms with Crippen molar-refractivity contribution in [2.75, 3.05) is 3.11 Å². The number of benzene rings is 1. The molecule has 0 unspecified atom stereocenters. The van der Waals surface area contributed by atoms with Gasteiger partial charge in [0.05, 0.1) is 34.0 Å². The van der Waals surface area contributed by atoms with E-state index in [0.717, 1.165) is 18.5 Å². The summed E-state index contributed by atoms with van der Waals surface area (Å²) in [6, 6.07) is 8.10. The molecule has 0 aromatic heterocycles. The largest absolute Gasteiger partial charge is 0.273 e. The van der Waals surface area contributed by atoms with Gasteiger partial charge in [-0.2, -0.15) is 0 Å². The summed E-state index contributed by atoms with van der Waals surface area (Å²) < 4.78 is 1.76. The van der Waals surface area contributed by atoms with Gasteiger partial charge in [0, 0.05) is 0 Å². The van der Waals surface area contributed by atoms with Crippen LogP contribution in [0.25, 0.3) is 0 Å². The standard InChI is InChI=1S/C10H8INO/c11-12-8-4-2-1-3-7(8)10(5-6-10)9(12)13/h1-4H,5-6H2. The van der Waals surface area contributed by atoms with Crippen molar-refractivity contribution in [2.24, 2.45) is 0 Å². The molecule has 0 saturated heterocycles. The molecule has 0 radical (unpaired) electrons. The van der Waals surface area contributed by atoms with Crippen LogP contribution in [0.1, 0.15) is 18.4 Å². The molecular weight excluding hydrogens is 277 g/mol. The van der Waals surface area contributed by atoms with E-state index in [2.05, 4.69) is 28.9 Å². The number of carbonyl (C=O) groups excluding carboxylic acids is 1. The number of anilines is 1. The van der Waals surface area contributed by atoms with Gasteiger partial charge in [-0.1, -0.05) is 18.2 Å². The van der Waals surface area contributed by atoms with Crippen molar-refractivity contribution in [3.63, 3.8) is 0 Å². The van der Waals surface area contributed by atoms with Crippen LogP contribution < -0.4 is 3.11 Å². The van der Waals surface area contributed by atoms with Gasteiger partial charge < -0.3 is 0 Å². The van der Waals surface area contributed by atoms with Gasteiger partial charge in [-0.05, 0) is 24.5 Å². The summed E-state index contributed by atoms with van der Waals surface area (Å²) in [5, 5.41) is 0. The summed E-state index contributed by atoms with van der Waals surface area (Å²) in [5.74, 6) is 0.273. The molecule has 1 amide bonds. The first-order valence-corrected chi connectivity index (χ1v) is 5.32. The first-order valence-electron chi connectivity index (χ1n) is 4.35. The summed E-state index contributed by atoms with van der Waals surface area (Å²) >= 11 is 2.10. The van der Waals surface area contributed by atoms with Crippen molar-refractivity contribution < 1.29 is 4.79 Å². The van der Waals surface area contributed by atoms with Gasteiger partial charge in [0.2, 0.25) is 5.91 Å². The third kappa shape index (κ3) is 0.808. The third-order valence-corrected chi connectivity index (χ3v) is 3.93. The lowest BCUT2D eigenvalue weighted by Gasteiger charge is -2.06. The summed E-state index contributed by atoms with van der Waals surface area (Å²) in [6.07, 6.45) is 2.06. The zero-order valence-corrected chi connectivity index (χ0v) is 9.11. The molecule has 66 valence electrons. The number of para-hydroxylation sites is 1. The van der Waals surface area contributed by atoms with Crippen molar-refractivity contribution >= 4 is 34.5 Å². The molecule has 2 aliphatic rings.